The molecule has 1 unspecified atom stereocenters. The van der Waals surface area contributed by atoms with Gasteiger partial charge in [0.1, 0.15) is 9.84 Å². The van der Waals surface area contributed by atoms with Gasteiger partial charge in [0.2, 0.25) is 0 Å². The fourth-order valence-electron chi connectivity index (χ4n) is 1.96. The minimum Gasteiger partial charge on any atom is -0.378 e. The minimum atomic E-state index is -2.84. The largest absolute Gasteiger partial charge is 0.378 e. The molecule has 6 heteroatoms. The third kappa shape index (κ3) is 6.35. The van der Waals surface area contributed by atoms with Gasteiger partial charge in [-0.15, -0.1) is 0 Å². The Labute approximate surface area is 104 Å². The Morgan fingerprint density at radius 3 is 2.82 bits per heavy atom. The molecule has 0 aromatic carbocycles. The van der Waals surface area contributed by atoms with E-state index in [-0.39, 0.29) is 5.75 Å². The van der Waals surface area contributed by atoms with Gasteiger partial charge in [-0.3, -0.25) is 4.90 Å². The van der Waals surface area contributed by atoms with Gasteiger partial charge in [-0.1, -0.05) is 6.92 Å². The molecule has 1 aliphatic heterocycles. The Balaban J connectivity index is 2.12. The quantitative estimate of drug-likeness (QED) is 0.642. The van der Waals surface area contributed by atoms with Crippen molar-refractivity contribution in [2.75, 3.05) is 51.4 Å². The van der Waals surface area contributed by atoms with Crippen molar-refractivity contribution in [3.05, 3.63) is 0 Å². The van der Waals surface area contributed by atoms with Gasteiger partial charge in [0.25, 0.3) is 0 Å². The summed E-state index contributed by atoms with van der Waals surface area (Å²) < 4.78 is 27.3. The first-order valence-corrected chi connectivity index (χ1v) is 8.29. The van der Waals surface area contributed by atoms with Crippen LogP contribution >= 0.6 is 0 Å². The fraction of sp³-hybridized carbons (Fsp3) is 1.00. The van der Waals surface area contributed by atoms with Crippen LogP contribution in [0.4, 0.5) is 0 Å². The minimum absolute atomic E-state index is 0.216. The summed E-state index contributed by atoms with van der Waals surface area (Å²) in [5.74, 6) is 0.216. The number of hydrogen-bond donors (Lipinski definition) is 1. The van der Waals surface area contributed by atoms with Crippen molar-refractivity contribution in [1.82, 2.24) is 10.2 Å². The summed E-state index contributed by atoms with van der Waals surface area (Å²) in [5.41, 5.74) is 0. The number of nitrogens with zero attached hydrogens (tertiary/aromatic N) is 1. The van der Waals surface area contributed by atoms with Crippen molar-refractivity contribution in [2.45, 2.75) is 19.4 Å². The van der Waals surface area contributed by atoms with Crippen LogP contribution in [0.2, 0.25) is 0 Å². The molecule has 0 aromatic heterocycles. The predicted octanol–water partition coefficient (Wildman–Crippen LogP) is -0.269. The zero-order chi connectivity index (χ0) is 12.7. The molecular formula is C11H24N2O3S. The molecule has 1 fully saturated rings. The van der Waals surface area contributed by atoms with E-state index >= 15 is 0 Å². The molecule has 1 atom stereocenters. The maximum absolute atomic E-state index is 10.9. The lowest BCUT2D eigenvalue weighted by atomic mass is 10.2. The summed E-state index contributed by atoms with van der Waals surface area (Å²) in [4.78, 5) is 2.41. The number of sulfone groups is 1. The molecule has 0 radical (unpaired) electrons. The molecule has 17 heavy (non-hydrogen) atoms. The summed E-state index contributed by atoms with van der Waals surface area (Å²) in [6.45, 7) is 7.12. The van der Waals surface area contributed by atoms with E-state index in [1.54, 1.807) is 0 Å². The van der Waals surface area contributed by atoms with E-state index in [4.69, 9.17) is 4.74 Å². The molecule has 1 aliphatic rings. The van der Waals surface area contributed by atoms with Crippen LogP contribution in [0.15, 0.2) is 0 Å². The lowest BCUT2D eigenvalue weighted by molar-refractivity contribution is -0.00777. The van der Waals surface area contributed by atoms with Crippen LogP contribution < -0.4 is 5.32 Å². The molecular weight excluding hydrogens is 240 g/mol. The van der Waals surface area contributed by atoms with Gasteiger partial charge in [0.15, 0.2) is 0 Å². The topological polar surface area (TPSA) is 58.6 Å². The predicted molar refractivity (Wildman–Crippen MR) is 69.1 cm³/mol. The molecule has 0 saturated carbocycles. The number of nitrogens with one attached hydrogen (secondary N) is 1. The van der Waals surface area contributed by atoms with Gasteiger partial charge >= 0.3 is 0 Å². The second kappa shape index (κ2) is 7.31. The van der Waals surface area contributed by atoms with Crippen LogP contribution in [0.5, 0.6) is 0 Å². The fourth-order valence-corrected chi connectivity index (χ4v) is 2.48. The van der Waals surface area contributed by atoms with Gasteiger partial charge in [-0.25, -0.2) is 8.42 Å². The normalized spacial score (nSPS) is 22.8. The molecule has 0 aromatic rings. The van der Waals surface area contributed by atoms with Crippen molar-refractivity contribution in [2.24, 2.45) is 0 Å². The van der Waals surface area contributed by atoms with Crippen LogP contribution in [-0.4, -0.2) is 70.8 Å². The van der Waals surface area contributed by atoms with E-state index in [0.29, 0.717) is 12.6 Å². The molecule has 0 bridgehead atoms. The van der Waals surface area contributed by atoms with E-state index in [1.807, 2.05) is 0 Å². The summed E-state index contributed by atoms with van der Waals surface area (Å²) in [6.07, 6.45) is 2.37. The van der Waals surface area contributed by atoms with E-state index in [1.165, 1.54) is 6.26 Å². The van der Waals surface area contributed by atoms with Crippen molar-refractivity contribution < 1.29 is 13.2 Å². The molecule has 0 spiro atoms. The van der Waals surface area contributed by atoms with Crippen molar-refractivity contribution in [3.63, 3.8) is 0 Å². The zero-order valence-corrected chi connectivity index (χ0v) is 11.6. The summed E-state index contributed by atoms with van der Waals surface area (Å²) in [5, 5.41) is 3.17. The van der Waals surface area contributed by atoms with Gasteiger partial charge in [-0.05, 0) is 6.42 Å². The lowest BCUT2D eigenvalue weighted by Crippen LogP contribution is -2.47. The average molecular weight is 264 g/mol. The number of morpholine rings is 1. The van der Waals surface area contributed by atoms with E-state index in [2.05, 4.69) is 17.1 Å². The summed E-state index contributed by atoms with van der Waals surface area (Å²) in [6, 6.07) is 0.514. The van der Waals surface area contributed by atoms with Crippen molar-refractivity contribution >= 4 is 9.84 Å². The van der Waals surface area contributed by atoms with Crippen molar-refractivity contribution in [3.8, 4) is 0 Å². The Bertz CT molecular complexity index is 306. The molecule has 1 saturated heterocycles. The van der Waals surface area contributed by atoms with Crippen LogP contribution in [0.1, 0.15) is 13.3 Å². The molecule has 0 aliphatic carbocycles. The van der Waals surface area contributed by atoms with Crippen molar-refractivity contribution in [1.29, 1.82) is 0 Å². The van der Waals surface area contributed by atoms with Crippen LogP contribution in [-0.2, 0) is 14.6 Å². The summed E-state index contributed by atoms with van der Waals surface area (Å²) in [7, 11) is -2.84. The highest BCUT2D eigenvalue weighted by Crippen LogP contribution is 2.08. The molecule has 0 amide bonds. The Kier molecular flexibility index (Phi) is 6.40. The average Bonchev–Trinajstić information content (AvgIpc) is 2.27. The molecule has 102 valence electrons. The Morgan fingerprint density at radius 1 is 1.41 bits per heavy atom. The molecule has 1 heterocycles. The first-order chi connectivity index (χ1) is 8.03. The first-order valence-electron chi connectivity index (χ1n) is 6.23. The van der Waals surface area contributed by atoms with E-state index in [9.17, 15) is 8.42 Å². The SMILES string of the molecule is CCC1COCCN1CCNCCS(C)(=O)=O. The van der Waals surface area contributed by atoms with Crippen LogP contribution in [0.3, 0.4) is 0 Å². The lowest BCUT2D eigenvalue weighted by Gasteiger charge is -2.35. The van der Waals surface area contributed by atoms with Gasteiger partial charge in [0.05, 0.1) is 19.0 Å². The smallest absolute Gasteiger partial charge is 0.148 e. The maximum atomic E-state index is 10.9. The highest BCUT2D eigenvalue weighted by atomic mass is 32.2. The summed E-state index contributed by atoms with van der Waals surface area (Å²) >= 11 is 0. The van der Waals surface area contributed by atoms with Crippen LogP contribution in [0.25, 0.3) is 0 Å². The molecule has 5 nitrogen and oxygen atoms in total. The third-order valence-electron chi connectivity index (χ3n) is 3.05. The Hall–Kier alpha value is -0.170. The first kappa shape index (κ1) is 14.9. The highest BCUT2D eigenvalue weighted by Gasteiger charge is 2.20. The third-order valence-corrected chi connectivity index (χ3v) is 3.99. The second-order valence-electron chi connectivity index (χ2n) is 4.55. The van der Waals surface area contributed by atoms with E-state index < -0.39 is 9.84 Å². The second-order valence-corrected chi connectivity index (χ2v) is 6.81. The van der Waals surface area contributed by atoms with Gasteiger partial charge in [0, 0.05) is 38.5 Å². The number of ether oxygens (including phenoxy) is 1. The van der Waals surface area contributed by atoms with E-state index in [0.717, 1.165) is 39.3 Å². The maximum Gasteiger partial charge on any atom is 0.148 e. The number of rotatable bonds is 7. The Morgan fingerprint density at radius 2 is 2.18 bits per heavy atom. The standard InChI is InChI=1S/C11H24N2O3S/c1-3-11-10-16-8-7-13(11)6-4-12-5-9-17(2,14)15/h11-12H,3-10H2,1-2H3. The highest BCUT2D eigenvalue weighted by molar-refractivity contribution is 7.90. The monoisotopic (exact) mass is 264 g/mol. The number of hydrogen-bond acceptors (Lipinski definition) is 5. The van der Waals surface area contributed by atoms with Gasteiger partial charge < -0.3 is 10.1 Å². The van der Waals surface area contributed by atoms with Gasteiger partial charge in [-0.2, -0.15) is 0 Å². The van der Waals surface area contributed by atoms with Crippen LogP contribution in [0, 0.1) is 0 Å². The molecule has 1 N–H and O–H groups in total. The zero-order valence-electron chi connectivity index (χ0n) is 10.8. The molecule has 1 rings (SSSR count).